The minimum atomic E-state index is -0.107. The number of likely N-dealkylation sites (tertiary alicyclic amines) is 1. The van der Waals surface area contributed by atoms with Gasteiger partial charge in [-0.3, -0.25) is 9.59 Å². The van der Waals surface area contributed by atoms with E-state index < -0.39 is 0 Å². The third-order valence-electron chi connectivity index (χ3n) is 5.68. The summed E-state index contributed by atoms with van der Waals surface area (Å²) in [5, 5.41) is 3.98. The zero-order valence-corrected chi connectivity index (χ0v) is 17.5. The Hall–Kier alpha value is -2.50. The molecule has 158 valence electrons. The number of nitrogens with one attached hydrogen (secondary N) is 1. The van der Waals surface area contributed by atoms with Crippen molar-refractivity contribution in [2.45, 2.75) is 51.9 Å². The lowest BCUT2D eigenvalue weighted by Gasteiger charge is -2.32. The molecule has 0 saturated carbocycles. The van der Waals surface area contributed by atoms with E-state index in [2.05, 4.69) is 12.2 Å². The molecule has 1 aliphatic rings. The highest BCUT2D eigenvalue weighted by Crippen LogP contribution is 2.27. The highest BCUT2D eigenvalue weighted by atomic mass is 16.5. The third-order valence-corrected chi connectivity index (χ3v) is 5.68. The Bertz CT molecular complexity index is 829. The van der Waals surface area contributed by atoms with Crippen molar-refractivity contribution in [2.75, 3.05) is 26.7 Å². The highest BCUT2D eigenvalue weighted by Gasteiger charge is 2.28. The van der Waals surface area contributed by atoms with Gasteiger partial charge >= 0.3 is 0 Å². The fourth-order valence-corrected chi connectivity index (χ4v) is 3.93. The SMILES string of the molecule is CCCCCCNC(=O)C1CCCN(C(=O)Cc2coc3cc(OC)ccc23)C1. The zero-order chi connectivity index (χ0) is 20.6. The molecule has 6 heteroatoms. The van der Waals surface area contributed by atoms with Crippen LogP contribution < -0.4 is 10.1 Å². The molecule has 1 atom stereocenters. The Balaban J connectivity index is 1.54. The van der Waals surface area contributed by atoms with Gasteiger partial charge in [0.2, 0.25) is 11.8 Å². The number of benzene rings is 1. The summed E-state index contributed by atoms with van der Waals surface area (Å²) in [4.78, 5) is 27.2. The quantitative estimate of drug-likeness (QED) is 0.648. The predicted octanol–water partition coefficient (Wildman–Crippen LogP) is 3.92. The average Bonchev–Trinajstić information content (AvgIpc) is 3.15. The molecule has 6 nitrogen and oxygen atoms in total. The monoisotopic (exact) mass is 400 g/mol. The van der Waals surface area contributed by atoms with Crippen molar-refractivity contribution >= 4 is 22.8 Å². The van der Waals surface area contributed by atoms with Gasteiger partial charge in [-0.15, -0.1) is 0 Å². The average molecular weight is 401 g/mol. The topological polar surface area (TPSA) is 71.8 Å². The van der Waals surface area contributed by atoms with Gasteiger partial charge in [-0.05, 0) is 31.4 Å². The molecule has 0 radical (unpaired) electrons. The second-order valence-electron chi connectivity index (χ2n) is 7.83. The first-order valence-corrected chi connectivity index (χ1v) is 10.7. The van der Waals surface area contributed by atoms with E-state index in [1.807, 2.05) is 23.1 Å². The van der Waals surface area contributed by atoms with Gasteiger partial charge < -0.3 is 19.4 Å². The van der Waals surface area contributed by atoms with E-state index in [1.54, 1.807) is 13.4 Å². The van der Waals surface area contributed by atoms with Crippen LogP contribution in [0.1, 0.15) is 51.0 Å². The molecule has 1 saturated heterocycles. The molecular formula is C23H32N2O4. The number of carbonyl (C=O) groups excluding carboxylic acids is 2. The van der Waals surface area contributed by atoms with Gasteiger partial charge in [-0.25, -0.2) is 0 Å². The smallest absolute Gasteiger partial charge is 0.227 e. The van der Waals surface area contributed by atoms with Crippen molar-refractivity contribution in [3.05, 3.63) is 30.0 Å². The summed E-state index contributed by atoms with van der Waals surface area (Å²) >= 11 is 0. The molecule has 0 spiro atoms. The van der Waals surface area contributed by atoms with Crippen molar-refractivity contribution in [2.24, 2.45) is 5.92 Å². The van der Waals surface area contributed by atoms with Crippen molar-refractivity contribution < 1.29 is 18.7 Å². The van der Waals surface area contributed by atoms with E-state index in [4.69, 9.17) is 9.15 Å². The lowest BCUT2D eigenvalue weighted by molar-refractivity contribution is -0.135. The lowest BCUT2D eigenvalue weighted by atomic mass is 9.96. The summed E-state index contributed by atoms with van der Waals surface area (Å²) in [6.07, 6.45) is 8.20. The summed E-state index contributed by atoms with van der Waals surface area (Å²) < 4.78 is 10.8. The molecule has 1 aliphatic heterocycles. The summed E-state index contributed by atoms with van der Waals surface area (Å²) in [5.41, 5.74) is 1.58. The minimum absolute atomic E-state index is 0.0453. The maximum atomic E-state index is 12.9. The van der Waals surface area contributed by atoms with E-state index >= 15 is 0 Å². The summed E-state index contributed by atoms with van der Waals surface area (Å²) in [6.45, 7) is 4.12. The fraction of sp³-hybridized carbons (Fsp3) is 0.565. The molecule has 1 aromatic carbocycles. The number of furan rings is 1. The van der Waals surface area contributed by atoms with E-state index in [-0.39, 0.29) is 24.2 Å². The molecule has 0 bridgehead atoms. The number of unbranched alkanes of at least 4 members (excludes halogenated alkanes) is 3. The number of nitrogens with zero attached hydrogens (tertiary/aromatic N) is 1. The number of hydrogen-bond donors (Lipinski definition) is 1. The minimum Gasteiger partial charge on any atom is -0.497 e. The van der Waals surface area contributed by atoms with Gasteiger partial charge in [0.25, 0.3) is 0 Å². The van der Waals surface area contributed by atoms with Crippen LogP contribution in [0.5, 0.6) is 5.75 Å². The predicted molar refractivity (Wildman–Crippen MR) is 113 cm³/mol. The Morgan fingerprint density at radius 1 is 1.28 bits per heavy atom. The maximum absolute atomic E-state index is 12.9. The second-order valence-corrected chi connectivity index (χ2v) is 7.83. The van der Waals surface area contributed by atoms with Crippen LogP contribution >= 0.6 is 0 Å². The Morgan fingerprint density at radius 3 is 2.93 bits per heavy atom. The lowest BCUT2D eigenvalue weighted by Crippen LogP contribution is -2.46. The van der Waals surface area contributed by atoms with Crippen LogP contribution in [0.2, 0.25) is 0 Å². The molecule has 2 aromatic rings. The Morgan fingerprint density at radius 2 is 2.14 bits per heavy atom. The van der Waals surface area contributed by atoms with Gasteiger partial charge in [0.1, 0.15) is 11.3 Å². The number of carbonyl (C=O) groups is 2. The van der Waals surface area contributed by atoms with Crippen molar-refractivity contribution in [3.8, 4) is 5.75 Å². The molecule has 1 N–H and O–H groups in total. The number of fused-ring (bicyclic) bond motifs is 1. The van der Waals surface area contributed by atoms with Gasteiger partial charge in [0.05, 0.1) is 25.7 Å². The van der Waals surface area contributed by atoms with E-state index in [0.717, 1.165) is 48.9 Å². The van der Waals surface area contributed by atoms with Gasteiger partial charge in [-0.2, -0.15) is 0 Å². The molecule has 1 unspecified atom stereocenters. The molecule has 29 heavy (non-hydrogen) atoms. The third kappa shape index (κ3) is 5.52. The first-order valence-electron chi connectivity index (χ1n) is 10.7. The molecule has 2 amide bonds. The largest absolute Gasteiger partial charge is 0.497 e. The molecule has 3 rings (SSSR count). The van der Waals surface area contributed by atoms with E-state index in [0.29, 0.717) is 18.7 Å². The summed E-state index contributed by atoms with van der Waals surface area (Å²) in [7, 11) is 1.61. The highest BCUT2D eigenvalue weighted by molar-refractivity contribution is 5.88. The second kappa shape index (κ2) is 10.3. The van der Waals surface area contributed by atoms with Crippen LogP contribution in [-0.4, -0.2) is 43.5 Å². The van der Waals surface area contributed by atoms with Crippen molar-refractivity contribution in [3.63, 3.8) is 0 Å². The number of amides is 2. The fourth-order valence-electron chi connectivity index (χ4n) is 3.93. The van der Waals surface area contributed by atoms with E-state index in [9.17, 15) is 9.59 Å². The maximum Gasteiger partial charge on any atom is 0.227 e. The van der Waals surface area contributed by atoms with Gasteiger partial charge in [0.15, 0.2) is 0 Å². The van der Waals surface area contributed by atoms with Crippen LogP contribution in [0.15, 0.2) is 28.9 Å². The summed E-state index contributed by atoms with van der Waals surface area (Å²) in [5.74, 6) is 0.748. The number of ether oxygens (including phenoxy) is 1. The number of piperidine rings is 1. The molecular weight excluding hydrogens is 368 g/mol. The molecule has 2 heterocycles. The first-order chi connectivity index (χ1) is 14.1. The molecule has 1 fully saturated rings. The van der Waals surface area contributed by atoms with Crippen LogP contribution in [0.3, 0.4) is 0 Å². The van der Waals surface area contributed by atoms with Crippen molar-refractivity contribution in [1.82, 2.24) is 10.2 Å². The number of rotatable bonds is 9. The number of hydrogen-bond acceptors (Lipinski definition) is 4. The standard InChI is InChI=1S/C23H32N2O4/c1-3-4-5-6-11-24-23(27)17-8-7-12-25(15-17)22(26)13-18-16-29-21-14-19(28-2)9-10-20(18)21/h9-10,14,16-17H,3-8,11-13,15H2,1-2H3,(H,24,27). The van der Waals surface area contributed by atoms with Gasteiger partial charge in [0, 0.05) is 36.7 Å². The molecule has 0 aliphatic carbocycles. The number of methoxy groups -OCH3 is 1. The Kier molecular flexibility index (Phi) is 7.55. The van der Waals surface area contributed by atoms with Crippen LogP contribution in [0.25, 0.3) is 11.0 Å². The summed E-state index contributed by atoms with van der Waals surface area (Å²) in [6, 6.07) is 5.62. The van der Waals surface area contributed by atoms with Crippen molar-refractivity contribution in [1.29, 1.82) is 0 Å². The zero-order valence-electron chi connectivity index (χ0n) is 17.5. The van der Waals surface area contributed by atoms with Crippen LogP contribution in [0.4, 0.5) is 0 Å². The first kappa shape index (κ1) is 21.2. The Labute approximate surface area is 172 Å². The van der Waals surface area contributed by atoms with E-state index in [1.165, 1.54) is 12.8 Å². The molecule has 1 aromatic heterocycles. The van der Waals surface area contributed by atoms with Crippen LogP contribution in [-0.2, 0) is 16.0 Å². The van der Waals surface area contributed by atoms with Crippen LogP contribution in [0, 0.1) is 5.92 Å². The van der Waals surface area contributed by atoms with Gasteiger partial charge in [-0.1, -0.05) is 26.2 Å². The normalized spacial score (nSPS) is 16.8.